The SMILES string of the molecule is CO[C@H](C)CN(CCCCc1ccc2c(n1)NCCC2)CC[C@H](Nc1ccccc1)C(=O)O. The molecule has 7 nitrogen and oxygen atoms in total. The van der Waals surface area contributed by atoms with Crippen molar-refractivity contribution < 1.29 is 14.6 Å². The Balaban J connectivity index is 1.48. The number of hydrogen-bond acceptors (Lipinski definition) is 6. The van der Waals surface area contributed by atoms with Crippen LogP contribution in [0.2, 0.25) is 0 Å². The van der Waals surface area contributed by atoms with E-state index in [9.17, 15) is 9.90 Å². The number of anilines is 2. The Morgan fingerprint density at radius 3 is 2.79 bits per heavy atom. The number of carboxylic acid groups (broad SMARTS) is 1. The number of fused-ring (bicyclic) bond motifs is 1. The van der Waals surface area contributed by atoms with Crippen LogP contribution in [0.1, 0.15) is 43.9 Å². The topological polar surface area (TPSA) is 86.7 Å². The Hall–Kier alpha value is -2.64. The van der Waals surface area contributed by atoms with Gasteiger partial charge in [0.1, 0.15) is 11.9 Å². The summed E-state index contributed by atoms with van der Waals surface area (Å²) in [6, 6.07) is 13.3. The summed E-state index contributed by atoms with van der Waals surface area (Å²) in [4.78, 5) is 18.9. The Morgan fingerprint density at radius 1 is 1.21 bits per heavy atom. The average molecular weight is 455 g/mol. The summed E-state index contributed by atoms with van der Waals surface area (Å²) in [6.07, 6.45) is 5.95. The van der Waals surface area contributed by atoms with E-state index in [1.165, 1.54) is 12.0 Å². The standard InChI is InChI=1S/C26H38N4O3/c1-20(33-2)19-30(18-15-24(26(31)32)28-22-10-4-3-5-11-22)17-7-6-12-23-14-13-21-9-8-16-27-25(21)29-23/h3-5,10-11,13-14,20,24,28H,6-9,12,15-19H2,1-2H3,(H,27,29)(H,31,32)/t20-,24+/m1/s1. The molecule has 33 heavy (non-hydrogen) atoms. The molecular formula is C26H38N4O3. The van der Waals surface area contributed by atoms with Crippen LogP contribution in [0.15, 0.2) is 42.5 Å². The normalized spacial score (nSPS) is 14.9. The van der Waals surface area contributed by atoms with Crippen LogP contribution >= 0.6 is 0 Å². The quantitative estimate of drug-likeness (QED) is 0.371. The molecule has 1 aromatic carbocycles. The van der Waals surface area contributed by atoms with Crippen LogP contribution < -0.4 is 10.6 Å². The van der Waals surface area contributed by atoms with Gasteiger partial charge in [-0.05, 0) is 75.8 Å². The molecule has 0 spiro atoms. The van der Waals surface area contributed by atoms with E-state index in [1.54, 1.807) is 7.11 Å². The number of hydrogen-bond donors (Lipinski definition) is 3. The zero-order valence-corrected chi connectivity index (χ0v) is 19.9. The van der Waals surface area contributed by atoms with Crippen LogP contribution in [-0.2, 0) is 22.4 Å². The summed E-state index contributed by atoms with van der Waals surface area (Å²) in [5, 5.41) is 16.2. The summed E-state index contributed by atoms with van der Waals surface area (Å²) in [7, 11) is 1.72. The van der Waals surface area contributed by atoms with Crippen molar-refractivity contribution in [2.75, 3.05) is 43.9 Å². The summed E-state index contributed by atoms with van der Waals surface area (Å²) < 4.78 is 5.47. The zero-order valence-electron chi connectivity index (χ0n) is 19.9. The Morgan fingerprint density at radius 2 is 2.03 bits per heavy atom. The number of pyridine rings is 1. The number of rotatable bonds is 14. The maximum atomic E-state index is 11.8. The van der Waals surface area contributed by atoms with Crippen molar-refractivity contribution in [2.24, 2.45) is 0 Å². The molecule has 2 aromatic rings. The second kappa shape index (κ2) is 13.2. The third-order valence-corrected chi connectivity index (χ3v) is 6.17. The summed E-state index contributed by atoms with van der Waals surface area (Å²) in [6.45, 7) is 5.45. The third kappa shape index (κ3) is 8.33. The number of nitrogens with one attached hydrogen (secondary N) is 2. The molecule has 0 saturated carbocycles. The zero-order chi connectivity index (χ0) is 23.5. The molecule has 1 aliphatic heterocycles. The number of aryl methyl sites for hydroxylation is 2. The highest BCUT2D eigenvalue weighted by Crippen LogP contribution is 2.20. The van der Waals surface area contributed by atoms with E-state index < -0.39 is 12.0 Å². The highest BCUT2D eigenvalue weighted by atomic mass is 16.5. The van der Waals surface area contributed by atoms with Gasteiger partial charge in [0.2, 0.25) is 0 Å². The van der Waals surface area contributed by atoms with E-state index in [-0.39, 0.29) is 6.10 Å². The number of ether oxygens (including phenoxy) is 1. The molecule has 3 rings (SSSR count). The molecule has 0 saturated heterocycles. The number of aromatic nitrogens is 1. The predicted molar refractivity (Wildman–Crippen MR) is 133 cm³/mol. The number of para-hydroxylation sites is 1. The van der Waals surface area contributed by atoms with Crippen LogP contribution in [0.5, 0.6) is 0 Å². The first kappa shape index (κ1) is 25.0. The van der Waals surface area contributed by atoms with Crippen molar-refractivity contribution in [1.82, 2.24) is 9.88 Å². The van der Waals surface area contributed by atoms with E-state index in [0.29, 0.717) is 13.0 Å². The number of benzene rings is 1. The van der Waals surface area contributed by atoms with Gasteiger partial charge in [0.15, 0.2) is 0 Å². The molecule has 0 unspecified atom stereocenters. The molecule has 0 aliphatic carbocycles. The van der Waals surface area contributed by atoms with Crippen molar-refractivity contribution in [3.63, 3.8) is 0 Å². The molecule has 0 bridgehead atoms. The minimum absolute atomic E-state index is 0.101. The van der Waals surface area contributed by atoms with Crippen molar-refractivity contribution in [1.29, 1.82) is 0 Å². The van der Waals surface area contributed by atoms with Crippen molar-refractivity contribution in [3.05, 3.63) is 53.7 Å². The highest BCUT2D eigenvalue weighted by Gasteiger charge is 2.19. The molecule has 0 amide bonds. The number of methoxy groups -OCH3 is 1. The Labute approximate surface area is 197 Å². The van der Waals surface area contributed by atoms with Gasteiger partial charge < -0.3 is 25.4 Å². The lowest BCUT2D eigenvalue weighted by molar-refractivity contribution is -0.138. The molecule has 0 radical (unpaired) electrons. The van der Waals surface area contributed by atoms with E-state index in [2.05, 4.69) is 27.7 Å². The fourth-order valence-corrected chi connectivity index (χ4v) is 4.19. The van der Waals surface area contributed by atoms with Gasteiger partial charge in [0.05, 0.1) is 6.10 Å². The van der Waals surface area contributed by atoms with Crippen LogP contribution in [0.3, 0.4) is 0 Å². The summed E-state index contributed by atoms with van der Waals surface area (Å²) in [5.74, 6) is 0.227. The van der Waals surface area contributed by atoms with Crippen molar-refractivity contribution in [2.45, 2.75) is 57.6 Å². The molecule has 3 N–H and O–H groups in total. The molecule has 7 heteroatoms. The molecular weight excluding hydrogens is 416 g/mol. The largest absolute Gasteiger partial charge is 0.480 e. The molecule has 1 aromatic heterocycles. The van der Waals surface area contributed by atoms with Gasteiger partial charge in [0, 0.05) is 38.1 Å². The lowest BCUT2D eigenvalue weighted by atomic mass is 10.1. The first-order valence-corrected chi connectivity index (χ1v) is 12.1. The molecule has 2 heterocycles. The van der Waals surface area contributed by atoms with Crippen molar-refractivity contribution in [3.8, 4) is 0 Å². The van der Waals surface area contributed by atoms with E-state index >= 15 is 0 Å². The Bertz CT molecular complexity index is 862. The van der Waals surface area contributed by atoms with Gasteiger partial charge >= 0.3 is 5.97 Å². The predicted octanol–water partition coefficient (Wildman–Crippen LogP) is 4.05. The second-order valence-corrected chi connectivity index (χ2v) is 8.83. The van der Waals surface area contributed by atoms with Crippen LogP contribution in [0.25, 0.3) is 0 Å². The fraction of sp³-hybridized carbons (Fsp3) is 0.538. The fourth-order valence-electron chi connectivity index (χ4n) is 4.19. The number of nitrogens with zero attached hydrogens (tertiary/aromatic N) is 2. The monoisotopic (exact) mass is 454 g/mol. The minimum Gasteiger partial charge on any atom is -0.480 e. The van der Waals surface area contributed by atoms with Gasteiger partial charge in [-0.15, -0.1) is 0 Å². The number of carbonyl (C=O) groups is 1. The number of unbranched alkanes of at least 4 members (excludes halogenated alkanes) is 1. The number of aliphatic carboxylic acids is 1. The maximum absolute atomic E-state index is 11.8. The lowest BCUT2D eigenvalue weighted by Crippen LogP contribution is -2.38. The molecule has 2 atom stereocenters. The van der Waals surface area contributed by atoms with Crippen molar-refractivity contribution >= 4 is 17.5 Å². The summed E-state index contributed by atoms with van der Waals surface area (Å²) >= 11 is 0. The lowest BCUT2D eigenvalue weighted by Gasteiger charge is -2.27. The van der Waals surface area contributed by atoms with Crippen LogP contribution in [-0.4, -0.2) is 66.4 Å². The van der Waals surface area contributed by atoms with Gasteiger partial charge in [0.25, 0.3) is 0 Å². The van der Waals surface area contributed by atoms with Gasteiger partial charge in [-0.2, -0.15) is 0 Å². The molecule has 0 fully saturated rings. The summed E-state index contributed by atoms with van der Waals surface area (Å²) in [5.41, 5.74) is 3.29. The first-order chi connectivity index (χ1) is 16.0. The van der Waals surface area contributed by atoms with Gasteiger partial charge in [-0.3, -0.25) is 0 Å². The molecule has 1 aliphatic rings. The first-order valence-electron chi connectivity index (χ1n) is 12.1. The van der Waals surface area contributed by atoms with Gasteiger partial charge in [-0.25, -0.2) is 9.78 Å². The van der Waals surface area contributed by atoms with Gasteiger partial charge in [-0.1, -0.05) is 24.3 Å². The Kier molecular flexibility index (Phi) is 9.97. The van der Waals surface area contributed by atoms with E-state index in [4.69, 9.17) is 9.72 Å². The average Bonchev–Trinajstić information content (AvgIpc) is 2.84. The van der Waals surface area contributed by atoms with Crippen LogP contribution in [0.4, 0.5) is 11.5 Å². The highest BCUT2D eigenvalue weighted by molar-refractivity contribution is 5.77. The maximum Gasteiger partial charge on any atom is 0.326 e. The number of carboxylic acids is 1. The minimum atomic E-state index is -0.828. The third-order valence-electron chi connectivity index (χ3n) is 6.17. The van der Waals surface area contributed by atoms with E-state index in [1.807, 2.05) is 37.3 Å². The second-order valence-electron chi connectivity index (χ2n) is 8.83. The van der Waals surface area contributed by atoms with E-state index in [0.717, 1.165) is 62.5 Å². The smallest absolute Gasteiger partial charge is 0.326 e. The van der Waals surface area contributed by atoms with Crippen LogP contribution in [0, 0.1) is 0 Å². The molecule has 180 valence electrons.